The van der Waals surface area contributed by atoms with E-state index in [9.17, 15) is 23.3 Å². The molecule has 0 bridgehead atoms. The lowest BCUT2D eigenvalue weighted by molar-refractivity contribution is -0.384. The van der Waals surface area contributed by atoms with Crippen molar-refractivity contribution in [3.8, 4) is 0 Å². The second-order valence-corrected chi connectivity index (χ2v) is 6.92. The van der Waals surface area contributed by atoms with E-state index in [-0.39, 0.29) is 5.69 Å². The third-order valence-electron chi connectivity index (χ3n) is 5.01. The summed E-state index contributed by atoms with van der Waals surface area (Å²) in [6.45, 7) is 2.88. The van der Waals surface area contributed by atoms with Crippen LogP contribution in [0.25, 0.3) is 5.65 Å². The van der Waals surface area contributed by atoms with Crippen LogP contribution in [0, 0.1) is 10.1 Å². The van der Waals surface area contributed by atoms with E-state index in [1.165, 1.54) is 6.07 Å². The van der Waals surface area contributed by atoms with Gasteiger partial charge in [-0.3, -0.25) is 15.0 Å². The molecule has 1 aliphatic heterocycles. The molecule has 7 nitrogen and oxygen atoms in total. The van der Waals surface area contributed by atoms with E-state index < -0.39 is 22.4 Å². The molecule has 2 aromatic heterocycles. The van der Waals surface area contributed by atoms with Crippen molar-refractivity contribution in [2.75, 3.05) is 31.1 Å². The molecule has 0 unspecified atom stereocenters. The molecule has 0 N–H and O–H groups in total. The van der Waals surface area contributed by atoms with Crippen LogP contribution >= 0.6 is 0 Å². The van der Waals surface area contributed by atoms with Crippen LogP contribution in [0.3, 0.4) is 0 Å². The maximum absolute atomic E-state index is 12.9. The average molecular weight is 405 g/mol. The maximum atomic E-state index is 12.9. The predicted octanol–water partition coefficient (Wildman–Crippen LogP) is 3.58. The summed E-state index contributed by atoms with van der Waals surface area (Å²) in [7, 11) is 0. The molecule has 3 heterocycles. The van der Waals surface area contributed by atoms with Gasteiger partial charge in [0.2, 0.25) is 0 Å². The Morgan fingerprint density at radius 3 is 2.52 bits per heavy atom. The van der Waals surface area contributed by atoms with Crippen LogP contribution in [0.5, 0.6) is 0 Å². The molecule has 0 radical (unpaired) electrons. The number of aromatic nitrogens is 2. The van der Waals surface area contributed by atoms with Crippen molar-refractivity contribution in [1.29, 1.82) is 0 Å². The lowest BCUT2D eigenvalue weighted by Gasteiger charge is -2.35. The normalized spacial score (nSPS) is 15.8. The van der Waals surface area contributed by atoms with Crippen LogP contribution in [0.1, 0.15) is 11.3 Å². The quantitative estimate of drug-likeness (QED) is 0.490. The molecule has 10 heteroatoms. The molecule has 3 aromatic rings. The number of anilines is 1. The van der Waals surface area contributed by atoms with Gasteiger partial charge in [0, 0.05) is 51.2 Å². The van der Waals surface area contributed by atoms with Crippen molar-refractivity contribution in [3.63, 3.8) is 0 Å². The second-order valence-electron chi connectivity index (χ2n) is 6.92. The monoisotopic (exact) mass is 405 g/mol. The molecule has 0 saturated carbocycles. The largest absolute Gasteiger partial charge is 0.416 e. The zero-order valence-corrected chi connectivity index (χ0v) is 15.3. The number of alkyl halides is 3. The zero-order chi connectivity index (χ0) is 20.6. The fraction of sp³-hybridized carbons (Fsp3) is 0.316. The number of benzene rings is 1. The summed E-state index contributed by atoms with van der Waals surface area (Å²) >= 11 is 0. The van der Waals surface area contributed by atoms with Gasteiger partial charge < -0.3 is 9.30 Å². The van der Waals surface area contributed by atoms with Crippen LogP contribution in [-0.2, 0) is 12.7 Å². The first-order chi connectivity index (χ1) is 13.8. The number of piperazine rings is 1. The van der Waals surface area contributed by atoms with Gasteiger partial charge in [0.05, 0.1) is 16.2 Å². The van der Waals surface area contributed by atoms with E-state index in [0.29, 0.717) is 38.8 Å². The van der Waals surface area contributed by atoms with E-state index >= 15 is 0 Å². The number of nitro groups is 1. The fourth-order valence-corrected chi connectivity index (χ4v) is 3.55. The van der Waals surface area contributed by atoms with Gasteiger partial charge in [0.25, 0.3) is 5.69 Å². The van der Waals surface area contributed by atoms with Gasteiger partial charge in [0.1, 0.15) is 11.3 Å². The van der Waals surface area contributed by atoms with Gasteiger partial charge in [-0.15, -0.1) is 0 Å². The zero-order valence-electron chi connectivity index (χ0n) is 15.3. The van der Waals surface area contributed by atoms with E-state index in [4.69, 9.17) is 0 Å². The summed E-state index contributed by atoms with van der Waals surface area (Å²) in [6.07, 6.45) is -0.730. The number of pyridine rings is 1. The van der Waals surface area contributed by atoms with Crippen LogP contribution in [0.4, 0.5) is 24.5 Å². The van der Waals surface area contributed by atoms with Crippen LogP contribution in [-0.4, -0.2) is 45.4 Å². The highest BCUT2D eigenvalue weighted by molar-refractivity contribution is 5.65. The summed E-state index contributed by atoms with van der Waals surface area (Å²) in [5.41, 5.74) is 0.467. The topological polar surface area (TPSA) is 66.9 Å². The molecule has 29 heavy (non-hydrogen) atoms. The van der Waals surface area contributed by atoms with Gasteiger partial charge in [-0.25, -0.2) is 4.98 Å². The lowest BCUT2D eigenvalue weighted by Crippen LogP contribution is -2.46. The number of nitrogens with zero attached hydrogens (tertiary/aromatic N) is 5. The molecule has 0 atom stereocenters. The first-order valence-electron chi connectivity index (χ1n) is 9.07. The number of nitro benzene ring substituents is 1. The first kappa shape index (κ1) is 19.2. The van der Waals surface area contributed by atoms with Gasteiger partial charge in [-0.2, -0.15) is 13.2 Å². The molecule has 0 amide bonds. The van der Waals surface area contributed by atoms with E-state index in [1.54, 1.807) is 4.90 Å². The molecule has 1 aliphatic rings. The Bertz CT molecular complexity index is 1010. The molecule has 0 spiro atoms. The van der Waals surface area contributed by atoms with Crippen molar-refractivity contribution in [2.24, 2.45) is 0 Å². The maximum Gasteiger partial charge on any atom is 0.416 e. The number of hydrogen-bond acceptors (Lipinski definition) is 5. The minimum absolute atomic E-state index is 0.218. The Kier molecular flexibility index (Phi) is 4.87. The van der Waals surface area contributed by atoms with Crippen molar-refractivity contribution >= 4 is 17.0 Å². The first-order valence-corrected chi connectivity index (χ1v) is 9.07. The van der Waals surface area contributed by atoms with Gasteiger partial charge in [-0.1, -0.05) is 6.07 Å². The minimum Gasteiger partial charge on any atom is -0.363 e. The summed E-state index contributed by atoms with van der Waals surface area (Å²) < 4.78 is 40.6. The molecular formula is C19H18F3N5O2. The van der Waals surface area contributed by atoms with Crippen molar-refractivity contribution in [1.82, 2.24) is 14.3 Å². The molecule has 4 rings (SSSR count). The Morgan fingerprint density at radius 1 is 1.10 bits per heavy atom. The molecule has 0 aliphatic carbocycles. The predicted molar refractivity (Wildman–Crippen MR) is 101 cm³/mol. The van der Waals surface area contributed by atoms with Crippen LogP contribution in [0.2, 0.25) is 0 Å². The Labute approximate surface area is 164 Å². The van der Waals surface area contributed by atoms with Crippen molar-refractivity contribution in [2.45, 2.75) is 12.7 Å². The summed E-state index contributed by atoms with van der Waals surface area (Å²) in [5, 5.41) is 11.3. The fourth-order valence-electron chi connectivity index (χ4n) is 3.55. The summed E-state index contributed by atoms with van der Waals surface area (Å²) in [6, 6.07) is 8.46. The summed E-state index contributed by atoms with van der Waals surface area (Å²) in [4.78, 5) is 19.1. The number of imidazole rings is 1. The number of rotatable bonds is 4. The molecule has 152 valence electrons. The van der Waals surface area contributed by atoms with Crippen LogP contribution < -0.4 is 4.90 Å². The summed E-state index contributed by atoms with van der Waals surface area (Å²) in [5.74, 6) is 0. The third-order valence-corrected chi connectivity index (χ3v) is 5.01. The number of hydrogen-bond donors (Lipinski definition) is 0. The minimum atomic E-state index is -4.61. The van der Waals surface area contributed by atoms with Gasteiger partial charge in [-0.05, 0) is 24.3 Å². The highest BCUT2D eigenvalue weighted by atomic mass is 19.4. The van der Waals surface area contributed by atoms with E-state index in [1.807, 2.05) is 35.0 Å². The van der Waals surface area contributed by atoms with Crippen LogP contribution in [0.15, 0.2) is 48.8 Å². The second kappa shape index (κ2) is 7.36. The highest BCUT2D eigenvalue weighted by Gasteiger charge is 2.34. The smallest absolute Gasteiger partial charge is 0.363 e. The SMILES string of the molecule is O=[N+]([O-])c1cc(C(F)(F)F)ccc1N1CCN(Cc2cn3ccccc3n2)CC1. The Hall–Kier alpha value is -3.14. The van der Waals surface area contributed by atoms with Gasteiger partial charge in [0.15, 0.2) is 0 Å². The van der Waals surface area contributed by atoms with Crippen molar-refractivity contribution in [3.05, 3.63) is 70.2 Å². The third kappa shape index (κ3) is 4.02. The van der Waals surface area contributed by atoms with E-state index in [0.717, 1.165) is 17.4 Å². The number of halogens is 3. The van der Waals surface area contributed by atoms with Crippen molar-refractivity contribution < 1.29 is 18.1 Å². The highest BCUT2D eigenvalue weighted by Crippen LogP contribution is 2.36. The Morgan fingerprint density at radius 2 is 1.86 bits per heavy atom. The lowest BCUT2D eigenvalue weighted by atomic mass is 10.1. The van der Waals surface area contributed by atoms with E-state index in [2.05, 4.69) is 9.88 Å². The van der Waals surface area contributed by atoms with Gasteiger partial charge >= 0.3 is 6.18 Å². The molecule has 1 saturated heterocycles. The Balaban J connectivity index is 1.45. The number of fused-ring (bicyclic) bond motifs is 1. The molecule has 1 fully saturated rings. The average Bonchev–Trinajstić information content (AvgIpc) is 3.09. The molecule has 1 aromatic carbocycles. The molecular weight excluding hydrogens is 387 g/mol. The standard InChI is InChI=1S/C19H18F3N5O2/c20-19(21,22)14-4-5-16(17(11-14)27(28)29)25-9-7-24(8-10-25)12-15-13-26-6-2-1-3-18(26)23-15/h1-6,11,13H,7-10,12H2.